The molecule has 11 fully saturated rings. The first-order valence-corrected chi connectivity index (χ1v) is 45.5. The fraction of sp³-hybridized carbons (Fsp3) is 0.743. The molecule has 0 saturated heterocycles. The Bertz CT molecular complexity index is 5030. The molecule has 18 nitrogen and oxygen atoms in total. The van der Waals surface area contributed by atoms with Crippen LogP contribution in [-0.2, 0) is 48.6 Å². The Morgan fingerprint density at radius 1 is 0.412 bits per heavy atom. The molecule has 18 rings (SSSR count). The van der Waals surface area contributed by atoms with E-state index in [1.54, 1.807) is 0 Å². The van der Waals surface area contributed by atoms with Crippen LogP contribution in [0.1, 0.15) is 324 Å². The van der Waals surface area contributed by atoms with Crippen LogP contribution in [-0.4, -0.2) is 67.8 Å². The molecule has 0 radical (unpaired) electrons. The maximum atomic E-state index is 14.6. The molecule has 119 heavy (non-hydrogen) atoms. The lowest BCUT2D eigenvalue weighted by Gasteiger charge is -2.69. The summed E-state index contributed by atoms with van der Waals surface area (Å²) in [5, 5.41) is 19.1. The lowest BCUT2D eigenvalue weighted by molar-refractivity contribution is -0.178. The van der Waals surface area contributed by atoms with Crippen molar-refractivity contribution in [2.24, 2.45) is 151 Å². The second kappa shape index (κ2) is 26.5. The summed E-state index contributed by atoms with van der Waals surface area (Å²) in [6.45, 7) is 68.9. The number of fused-ring (bicyclic) bond motifs is 21. The van der Waals surface area contributed by atoms with Crippen molar-refractivity contribution in [3.8, 4) is 0 Å². The number of carboxylic acids is 1. The van der Waals surface area contributed by atoms with Crippen molar-refractivity contribution in [2.45, 2.75) is 317 Å². The van der Waals surface area contributed by atoms with Crippen molar-refractivity contribution in [3.05, 3.63) is 116 Å². The minimum atomic E-state index is -0.793. The topological polar surface area (TPSA) is 250 Å². The Morgan fingerprint density at radius 2 is 0.748 bits per heavy atom. The molecule has 0 aromatic carbocycles. The lowest BCUT2D eigenvalue weighted by Crippen LogP contribution is -2.65. The molecule has 0 aliphatic heterocycles. The molecule has 2 amide bonds. The van der Waals surface area contributed by atoms with E-state index in [-0.39, 0.29) is 177 Å². The Hall–Kier alpha value is -7.52. The van der Waals surface area contributed by atoms with Gasteiger partial charge >= 0.3 is 5.97 Å². The van der Waals surface area contributed by atoms with Crippen molar-refractivity contribution in [1.82, 2.24) is 21.0 Å². The summed E-state index contributed by atoms with van der Waals surface area (Å²) in [6, 6.07) is 0. The number of allylic oxidation sites excluding steroid dienone is 12. The molecule has 0 spiro atoms. The molecular formula is C101H133N7O11. The molecule has 1 heterocycles. The van der Waals surface area contributed by atoms with E-state index in [0.717, 1.165) is 164 Å². The van der Waals surface area contributed by atoms with Gasteiger partial charge in [-0.3, -0.25) is 39.6 Å². The van der Waals surface area contributed by atoms with E-state index < -0.39 is 49.3 Å². The van der Waals surface area contributed by atoms with Gasteiger partial charge in [-0.2, -0.15) is 0 Å². The maximum absolute atomic E-state index is 14.6. The molecule has 0 bridgehead atoms. The predicted octanol–water partition coefficient (Wildman–Crippen LogP) is 20.5. The third-order valence-corrected chi connectivity index (χ3v) is 40.3. The highest BCUT2D eigenvalue weighted by Gasteiger charge is 2.75. The second-order valence-electron chi connectivity index (χ2n) is 47.6. The van der Waals surface area contributed by atoms with Gasteiger partial charge in [-0.15, -0.1) is 10.2 Å². The van der Waals surface area contributed by atoms with E-state index in [2.05, 4.69) is 126 Å². The van der Waals surface area contributed by atoms with E-state index in [0.29, 0.717) is 25.2 Å². The molecule has 24 atom stereocenters. The van der Waals surface area contributed by atoms with E-state index in [1.165, 1.54) is 5.57 Å². The van der Waals surface area contributed by atoms with Crippen LogP contribution in [0, 0.1) is 171 Å². The lowest BCUT2D eigenvalue weighted by atomic mass is 9.34. The van der Waals surface area contributed by atoms with Crippen LogP contribution in [0.2, 0.25) is 0 Å². The van der Waals surface area contributed by atoms with Gasteiger partial charge in [0.05, 0.1) is 25.1 Å². The minimum absolute atomic E-state index is 0.0129. The number of rotatable bonds is 5. The van der Waals surface area contributed by atoms with Crippen molar-refractivity contribution in [2.75, 3.05) is 0 Å². The summed E-state index contributed by atoms with van der Waals surface area (Å²) in [5.74, 6) is 1.27. The van der Waals surface area contributed by atoms with Gasteiger partial charge in [0.15, 0.2) is 34.7 Å². The van der Waals surface area contributed by atoms with Gasteiger partial charge in [0, 0.05) is 72.9 Å². The van der Waals surface area contributed by atoms with Gasteiger partial charge in [0.25, 0.3) is 0 Å². The van der Waals surface area contributed by atoms with Crippen molar-refractivity contribution in [3.63, 3.8) is 0 Å². The molecule has 17 aliphatic carbocycles. The monoisotopic (exact) mass is 1620 g/mol. The van der Waals surface area contributed by atoms with Crippen molar-refractivity contribution < 1.29 is 52.7 Å². The summed E-state index contributed by atoms with van der Waals surface area (Å²) in [4.78, 5) is 132. The quantitative estimate of drug-likeness (QED) is 0.183. The number of amides is 2. The van der Waals surface area contributed by atoms with Gasteiger partial charge in [-0.05, 0) is 270 Å². The standard InChI is InChI=1S/C35H47N3O4.C35H45N3O3.C31H41NO4/c1-30(2)24-11-12-34(6)25(33(24,5)19-22(36-8)27(30)40)17-23(39)26-21-18-32(4,29(42)38-37-28(41)20-9-10-20)14-13-31(21,3)15-16-35(26,34)7;1-30(2)24-11-12-34(6)25(33(24,5)19-22(36-8)27(30)40)17-23(39)26-21-18-32(4,29-38-37-28(41-29)20-9-10-20)14-13-31(21,3)15-16-35(26,34)7;1-26(2)21-9-10-30(6)22(29(21,5)17-19(32-8)24(26)34)15-20(33)23-18-16-28(4,25(35)36)12-11-27(18,3)13-14-31(23,30)7/h17,19-21,24,26H,9-16,18H2,1-7H3,(H,37,41)(H,38,42);17,19-21,24,26H,9-16,18H2,1-7H3;15,17-18,21,23H,9-14,16H2,1-7H3,(H,35,36)/t2*21-,24-,26-,31+,32-,33-,34+,35+;18-,21-,23-,27+,28-,29-,30+,31+/m000/s1. The zero-order chi connectivity index (χ0) is 86.7. The second-order valence-corrected chi connectivity index (χ2v) is 47.6. The molecule has 17 aliphatic rings. The Kier molecular flexibility index (Phi) is 19.0. The highest BCUT2D eigenvalue weighted by atomic mass is 16.4. The zero-order valence-corrected chi connectivity index (χ0v) is 75.3. The number of nitrogens with one attached hydrogen (secondary N) is 2. The number of aromatic nitrogens is 2. The minimum Gasteiger partial charge on any atom is -0.481 e. The van der Waals surface area contributed by atoms with Crippen LogP contribution >= 0.6 is 0 Å². The Labute approximate surface area is 707 Å². The Morgan fingerprint density at radius 3 is 1.09 bits per heavy atom. The fourth-order valence-corrected chi connectivity index (χ4v) is 31.3. The molecule has 3 N–H and O–H groups in total. The smallest absolute Gasteiger partial charge is 0.309 e. The number of carbonyl (C=O) groups excluding carboxylic acids is 8. The number of carboxylic acid groups (broad SMARTS) is 1. The van der Waals surface area contributed by atoms with Gasteiger partial charge in [0.1, 0.15) is 0 Å². The SMILES string of the molecule is [C-]#[N+]C1=C[C@]2(C)C3=CC(=O)[C@@H]4[C@@H]5C[C@@](C)(C(=O)NNC(=O)C6CC6)CC[C@]5(C)CC[C@@]4(C)[C@]3(C)CC[C@H]2C(C)(C)C1=O.[C-]#[N+]C1=C[C@]2(C)C3=CC(=O)[C@@H]4[C@@H]5C[C@@](C)(C(=O)O)CC[C@]5(C)CC[C@@]4(C)[C@]3(C)CC[C@H]2C(C)(C)C1=O.[C-]#[N+]C1=C[C@]2(C)C3=CC(=O)[C@@H]4[C@@H]5C[C@@](C)(c6nnc(C7CC7)o6)CC[C@]5(C)CC[C@@]4(C)[C@]3(C)CC[C@H]2C(C)(C)C1=O. The largest absolute Gasteiger partial charge is 0.481 e. The average Bonchev–Trinajstić information content (AvgIpc) is 1.65. The molecule has 1 aromatic heterocycles. The number of carbonyl (C=O) groups is 9. The first-order valence-electron chi connectivity index (χ1n) is 45.5. The highest BCUT2D eigenvalue weighted by Crippen LogP contribution is 2.79. The number of aliphatic carboxylic acids is 1. The van der Waals surface area contributed by atoms with Crippen LogP contribution in [0.4, 0.5) is 0 Å². The summed E-state index contributed by atoms with van der Waals surface area (Å²) < 4.78 is 6.30. The summed E-state index contributed by atoms with van der Waals surface area (Å²) in [7, 11) is 0. The first-order chi connectivity index (χ1) is 55.1. The molecule has 0 unspecified atom stereocenters. The number of hydrogen-bond donors (Lipinski definition) is 3. The highest BCUT2D eigenvalue weighted by molar-refractivity contribution is 6.05. The van der Waals surface area contributed by atoms with Gasteiger partial charge in [-0.25, -0.2) is 14.5 Å². The van der Waals surface area contributed by atoms with Gasteiger partial charge in [-0.1, -0.05) is 173 Å². The van der Waals surface area contributed by atoms with E-state index >= 15 is 0 Å². The maximum Gasteiger partial charge on any atom is 0.309 e. The van der Waals surface area contributed by atoms with E-state index in [1.807, 2.05) is 91.8 Å². The Balaban J connectivity index is 0.000000134. The molecule has 1 aromatic rings. The van der Waals surface area contributed by atoms with Crippen LogP contribution in [0.3, 0.4) is 0 Å². The molecule has 18 heteroatoms. The van der Waals surface area contributed by atoms with Gasteiger partial charge < -0.3 is 23.9 Å². The van der Waals surface area contributed by atoms with Gasteiger partial charge in [0.2, 0.25) is 40.7 Å². The van der Waals surface area contributed by atoms with Crippen molar-refractivity contribution >= 4 is 52.5 Å². The van der Waals surface area contributed by atoms with E-state index in [9.17, 15) is 48.3 Å². The first kappa shape index (κ1) is 85.1. The summed E-state index contributed by atoms with van der Waals surface area (Å²) in [5.41, 5.74) is 2.70. The number of ketones is 6. The van der Waals surface area contributed by atoms with Crippen LogP contribution in [0.25, 0.3) is 14.5 Å². The number of nitrogens with zero attached hydrogens (tertiary/aromatic N) is 5. The predicted molar refractivity (Wildman–Crippen MR) is 452 cm³/mol. The normalized spacial score (nSPS) is 47.1. The fourth-order valence-electron chi connectivity index (χ4n) is 31.3. The number of Topliss-reactive ketones (excluding diaryl/α,β-unsaturated/α-hetero) is 3. The van der Waals surface area contributed by atoms with Crippen LogP contribution < -0.4 is 10.9 Å². The average molecular weight is 1620 g/mol. The summed E-state index contributed by atoms with van der Waals surface area (Å²) >= 11 is 0. The van der Waals surface area contributed by atoms with Crippen LogP contribution in [0.5, 0.6) is 0 Å². The van der Waals surface area contributed by atoms with Crippen molar-refractivity contribution in [1.29, 1.82) is 0 Å². The molecule has 11 saturated carbocycles. The summed E-state index contributed by atoms with van der Waals surface area (Å²) in [6.07, 6.45) is 34.2. The zero-order valence-electron chi connectivity index (χ0n) is 75.3. The third kappa shape index (κ3) is 11.6. The third-order valence-electron chi connectivity index (χ3n) is 40.3. The molecule has 638 valence electrons. The number of hydrogen-bond acceptors (Lipinski definition) is 12. The van der Waals surface area contributed by atoms with E-state index in [4.69, 9.17) is 24.1 Å². The number of hydrazine groups is 1. The van der Waals surface area contributed by atoms with Crippen LogP contribution in [0.15, 0.2) is 74.7 Å². The molecular weight excluding hydrogens is 1490 g/mol.